The number of carbonyl (C=O) groups excluding carboxylic acids is 3. The lowest BCUT2D eigenvalue weighted by molar-refractivity contribution is -0.136. The molecule has 0 bridgehead atoms. The van der Waals surface area contributed by atoms with Crippen LogP contribution in [0.25, 0.3) is 0 Å². The number of amides is 3. The van der Waals surface area contributed by atoms with E-state index in [9.17, 15) is 14.4 Å². The van der Waals surface area contributed by atoms with E-state index >= 15 is 0 Å². The number of ether oxygens (including phenoxy) is 1. The monoisotopic (exact) mass is 523 g/mol. The van der Waals surface area contributed by atoms with Gasteiger partial charge in [-0.3, -0.25) is 24.6 Å². The quantitative estimate of drug-likeness (QED) is 0.625. The van der Waals surface area contributed by atoms with Gasteiger partial charge in [0.2, 0.25) is 11.8 Å². The minimum Gasteiger partial charge on any atom is -0.492 e. The van der Waals surface area contributed by atoms with Gasteiger partial charge in [-0.2, -0.15) is 0 Å². The lowest BCUT2D eigenvalue weighted by Crippen LogP contribution is -2.52. The third-order valence-electron chi connectivity index (χ3n) is 7.84. The minimum absolute atomic E-state index is 0.0246. The van der Waals surface area contributed by atoms with Crippen LogP contribution < -0.4 is 10.1 Å². The van der Waals surface area contributed by atoms with Gasteiger partial charge in [0, 0.05) is 39.5 Å². The predicted molar refractivity (Wildman–Crippen MR) is 128 cm³/mol. The number of likely N-dealkylation sites (tertiary alicyclic amines) is 1. The summed E-state index contributed by atoms with van der Waals surface area (Å²) in [6.07, 6.45) is 2.64. The van der Waals surface area contributed by atoms with Crippen LogP contribution in [-0.2, 0) is 28.1 Å². The highest BCUT2D eigenvalue weighted by Gasteiger charge is 2.47. The molecule has 4 aliphatic heterocycles. The lowest BCUT2D eigenvalue weighted by atomic mass is 9.74. The number of fused-ring (bicyclic) bond motifs is 4. The van der Waals surface area contributed by atoms with Gasteiger partial charge >= 0.3 is 0 Å². The second-order valence-corrected chi connectivity index (χ2v) is 10.8. The van der Waals surface area contributed by atoms with Crippen LogP contribution in [0.15, 0.2) is 40.9 Å². The Morgan fingerprint density at radius 2 is 1.94 bits per heavy atom. The largest absolute Gasteiger partial charge is 0.492 e. The molecule has 3 amide bonds. The van der Waals surface area contributed by atoms with E-state index in [1.807, 2.05) is 12.1 Å². The van der Waals surface area contributed by atoms with Crippen LogP contribution in [-0.4, -0.2) is 53.3 Å². The summed E-state index contributed by atoms with van der Waals surface area (Å²) in [5.41, 5.74) is 3.99. The lowest BCUT2D eigenvalue weighted by Gasteiger charge is -2.38. The Morgan fingerprint density at radius 3 is 2.71 bits per heavy atom. The van der Waals surface area contributed by atoms with Crippen molar-refractivity contribution in [1.82, 2.24) is 15.1 Å². The van der Waals surface area contributed by atoms with Crippen molar-refractivity contribution < 1.29 is 19.1 Å². The van der Waals surface area contributed by atoms with Gasteiger partial charge in [0.1, 0.15) is 11.8 Å². The minimum atomic E-state index is -0.607. The Hall–Kier alpha value is -2.71. The molecule has 2 aromatic carbocycles. The maximum absolute atomic E-state index is 13.1. The summed E-state index contributed by atoms with van der Waals surface area (Å²) in [6.45, 7) is 3.91. The fraction of sp³-hybridized carbons (Fsp3) is 0.423. The van der Waals surface area contributed by atoms with E-state index in [4.69, 9.17) is 4.74 Å². The molecule has 0 saturated carbocycles. The fourth-order valence-corrected chi connectivity index (χ4v) is 6.38. The van der Waals surface area contributed by atoms with Crippen molar-refractivity contribution in [3.63, 3.8) is 0 Å². The maximum Gasteiger partial charge on any atom is 0.255 e. The Bertz CT molecular complexity index is 1200. The van der Waals surface area contributed by atoms with Crippen LogP contribution in [0.5, 0.6) is 5.75 Å². The Balaban J connectivity index is 1.20. The first-order chi connectivity index (χ1) is 16.4. The van der Waals surface area contributed by atoms with Crippen molar-refractivity contribution in [2.45, 2.75) is 50.2 Å². The van der Waals surface area contributed by atoms with E-state index < -0.39 is 6.04 Å². The van der Waals surface area contributed by atoms with Gasteiger partial charge in [-0.1, -0.05) is 34.1 Å². The molecular formula is C26H26BrN3O4. The summed E-state index contributed by atoms with van der Waals surface area (Å²) in [5.74, 6) is 0.0221. The molecular weight excluding hydrogens is 498 g/mol. The number of imide groups is 1. The molecule has 0 radical (unpaired) electrons. The average Bonchev–Trinajstić information content (AvgIpc) is 3.34. The molecule has 2 fully saturated rings. The van der Waals surface area contributed by atoms with E-state index in [1.54, 1.807) is 4.90 Å². The number of nitrogens with zero attached hydrogens (tertiary/aromatic N) is 2. The summed E-state index contributed by atoms with van der Waals surface area (Å²) < 4.78 is 7.38. The molecule has 1 N–H and O–H groups in total. The maximum atomic E-state index is 13.1. The van der Waals surface area contributed by atoms with E-state index in [0.717, 1.165) is 48.3 Å². The third-order valence-corrected chi connectivity index (χ3v) is 8.33. The SMILES string of the molecule is O=C1CCC(N2Cc3c(ccc4c3OCC43CCN(Cc4cccc(Br)c4)CC3)C2=O)C(=O)N1. The Morgan fingerprint density at radius 1 is 1.12 bits per heavy atom. The van der Waals surface area contributed by atoms with Crippen LogP contribution in [0.2, 0.25) is 0 Å². The van der Waals surface area contributed by atoms with Crippen molar-refractivity contribution in [2.24, 2.45) is 0 Å². The van der Waals surface area contributed by atoms with Gasteiger partial charge in [-0.05, 0) is 56.1 Å². The summed E-state index contributed by atoms with van der Waals surface area (Å²) in [4.78, 5) is 41.1. The summed E-state index contributed by atoms with van der Waals surface area (Å²) in [6, 6.07) is 11.8. The number of carbonyl (C=O) groups is 3. The Labute approximate surface area is 206 Å². The van der Waals surface area contributed by atoms with Crippen LogP contribution in [0.3, 0.4) is 0 Å². The molecule has 1 unspecified atom stereocenters. The standard InChI is InChI=1S/C26H26BrN3O4/c27-17-3-1-2-16(12-17)13-29-10-8-26(9-11-29)15-34-23-19-14-30(21-6-7-22(31)28-24(21)32)25(33)18(19)4-5-20(23)26/h1-5,12,21H,6-11,13-15H2,(H,28,31,32). The first kappa shape index (κ1) is 21.8. The van der Waals surface area contributed by atoms with Gasteiger partial charge in [-0.25, -0.2) is 0 Å². The number of hydrogen-bond donors (Lipinski definition) is 1. The highest BCUT2D eigenvalue weighted by Crippen LogP contribution is 2.49. The molecule has 1 atom stereocenters. The third kappa shape index (κ3) is 3.55. The van der Waals surface area contributed by atoms with E-state index in [-0.39, 0.29) is 29.6 Å². The van der Waals surface area contributed by atoms with Crippen molar-refractivity contribution in [3.8, 4) is 5.75 Å². The zero-order valence-corrected chi connectivity index (χ0v) is 20.4. The van der Waals surface area contributed by atoms with Crippen LogP contribution in [0.1, 0.15) is 52.7 Å². The molecule has 34 heavy (non-hydrogen) atoms. The Kier molecular flexibility index (Phi) is 5.26. The van der Waals surface area contributed by atoms with Gasteiger partial charge in [0.25, 0.3) is 5.91 Å². The van der Waals surface area contributed by atoms with Crippen molar-refractivity contribution in [3.05, 3.63) is 63.1 Å². The van der Waals surface area contributed by atoms with Crippen molar-refractivity contribution in [1.29, 1.82) is 0 Å². The molecule has 176 valence electrons. The van der Waals surface area contributed by atoms with Crippen LogP contribution in [0.4, 0.5) is 0 Å². The summed E-state index contributed by atoms with van der Waals surface area (Å²) in [5, 5.41) is 2.37. The van der Waals surface area contributed by atoms with Gasteiger partial charge in [0.15, 0.2) is 0 Å². The number of nitrogens with one attached hydrogen (secondary N) is 1. The molecule has 4 heterocycles. The van der Waals surface area contributed by atoms with E-state index in [1.165, 1.54) is 11.1 Å². The second kappa shape index (κ2) is 8.20. The predicted octanol–water partition coefficient (Wildman–Crippen LogP) is 3.14. The summed E-state index contributed by atoms with van der Waals surface area (Å²) in [7, 11) is 0. The topological polar surface area (TPSA) is 79.0 Å². The summed E-state index contributed by atoms with van der Waals surface area (Å²) >= 11 is 3.56. The zero-order chi connectivity index (χ0) is 23.4. The number of halogens is 1. The molecule has 2 aromatic rings. The smallest absolute Gasteiger partial charge is 0.255 e. The van der Waals surface area contributed by atoms with Gasteiger partial charge < -0.3 is 9.64 Å². The van der Waals surface area contributed by atoms with Crippen molar-refractivity contribution in [2.75, 3.05) is 19.7 Å². The number of piperidine rings is 2. The second-order valence-electron chi connectivity index (χ2n) is 9.84. The molecule has 7 nitrogen and oxygen atoms in total. The normalized spacial score (nSPS) is 23.6. The molecule has 1 spiro atoms. The number of hydrogen-bond acceptors (Lipinski definition) is 5. The highest BCUT2D eigenvalue weighted by molar-refractivity contribution is 9.10. The van der Waals surface area contributed by atoms with Crippen molar-refractivity contribution >= 4 is 33.7 Å². The average molecular weight is 524 g/mol. The zero-order valence-electron chi connectivity index (χ0n) is 18.8. The van der Waals surface area contributed by atoms with Crippen LogP contribution in [0, 0.1) is 0 Å². The molecule has 6 rings (SSSR count). The number of rotatable bonds is 3. The van der Waals surface area contributed by atoms with Gasteiger partial charge in [-0.15, -0.1) is 0 Å². The highest BCUT2D eigenvalue weighted by atomic mass is 79.9. The molecule has 8 heteroatoms. The first-order valence-corrected chi connectivity index (χ1v) is 12.6. The van der Waals surface area contributed by atoms with Gasteiger partial charge in [0.05, 0.1) is 13.2 Å². The van der Waals surface area contributed by atoms with E-state index in [2.05, 4.69) is 50.4 Å². The molecule has 2 saturated heterocycles. The van der Waals surface area contributed by atoms with E-state index in [0.29, 0.717) is 25.1 Å². The van der Waals surface area contributed by atoms with Crippen LogP contribution >= 0.6 is 15.9 Å². The first-order valence-electron chi connectivity index (χ1n) is 11.8. The fourth-order valence-electron chi connectivity index (χ4n) is 5.93. The molecule has 4 aliphatic rings. The molecule has 0 aromatic heterocycles. The molecule has 0 aliphatic carbocycles. The number of benzene rings is 2.